The smallest absolute Gasteiger partial charge is 0.193 e. The molecule has 0 unspecified atom stereocenters. The van der Waals surface area contributed by atoms with Gasteiger partial charge in [-0.3, -0.25) is 0 Å². The Balaban J connectivity index is 2.24. The van der Waals surface area contributed by atoms with E-state index in [0.29, 0.717) is 24.7 Å². The lowest BCUT2D eigenvalue weighted by Crippen LogP contribution is -2.41. The van der Waals surface area contributed by atoms with Gasteiger partial charge in [0.2, 0.25) is 0 Å². The largest absolute Gasteiger partial charge is 0.493 e. The monoisotopic (exact) mass is 258 g/mol. The highest BCUT2D eigenvalue weighted by Crippen LogP contribution is 2.27. The zero-order chi connectivity index (χ0) is 12.5. The molecule has 1 aliphatic rings. The van der Waals surface area contributed by atoms with Gasteiger partial charge in [0.1, 0.15) is 5.82 Å². The number of methoxy groups -OCH3 is 1. The molecule has 0 spiro atoms. The molecule has 8 heteroatoms. The van der Waals surface area contributed by atoms with Gasteiger partial charge in [-0.05, 0) is 0 Å². The Labute approximate surface area is 99.5 Å². The molecule has 2 N–H and O–H groups in total. The second kappa shape index (κ2) is 4.36. The van der Waals surface area contributed by atoms with Gasteiger partial charge in [-0.1, -0.05) is 0 Å². The number of ether oxygens (including phenoxy) is 1. The molecule has 94 valence electrons. The highest BCUT2D eigenvalue weighted by molar-refractivity contribution is 7.91. The third-order valence-electron chi connectivity index (χ3n) is 2.62. The van der Waals surface area contributed by atoms with E-state index in [2.05, 4.69) is 10.2 Å². The molecule has 7 nitrogen and oxygen atoms in total. The molecule has 0 amide bonds. The van der Waals surface area contributed by atoms with E-state index in [0.717, 1.165) is 0 Å². The van der Waals surface area contributed by atoms with Gasteiger partial charge in [0.05, 0.1) is 18.6 Å². The molecule has 1 aromatic rings. The molecule has 0 bridgehead atoms. The van der Waals surface area contributed by atoms with Gasteiger partial charge >= 0.3 is 0 Å². The van der Waals surface area contributed by atoms with Gasteiger partial charge in [-0.25, -0.2) is 8.42 Å². The van der Waals surface area contributed by atoms with Crippen LogP contribution in [0.3, 0.4) is 0 Å². The van der Waals surface area contributed by atoms with Gasteiger partial charge in [-0.15, -0.1) is 10.2 Å². The second-order valence-electron chi connectivity index (χ2n) is 3.80. The Hall–Kier alpha value is -1.57. The third kappa shape index (κ3) is 2.57. The fraction of sp³-hybridized carbons (Fsp3) is 0.556. The lowest BCUT2D eigenvalue weighted by Gasteiger charge is -2.28. The number of nitrogens with two attached hydrogens (primary N) is 1. The van der Waals surface area contributed by atoms with Crippen LogP contribution in [0, 0.1) is 0 Å². The number of hydrogen-bond donors (Lipinski definition) is 1. The van der Waals surface area contributed by atoms with Crippen LogP contribution in [0.1, 0.15) is 0 Å². The van der Waals surface area contributed by atoms with Gasteiger partial charge in [-0.2, -0.15) is 0 Å². The van der Waals surface area contributed by atoms with E-state index in [4.69, 9.17) is 10.5 Å². The number of nitrogen functional groups attached to an aromatic ring is 1. The molecule has 0 atom stereocenters. The first-order valence-corrected chi connectivity index (χ1v) is 6.96. The van der Waals surface area contributed by atoms with Crippen molar-refractivity contribution in [2.45, 2.75) is 0 Å². The van der Waals surface area contributed by atoms with Crippen molar-refractivity contribution in [3.63, 3.8) is 0 Å². The molecule has 1 fully saturated rings. The van der Waals surface area contributed by atoms with Crippen LogP contribution >= 0.6 is 0 Å². The van der Waals surface area contributed by atoms with Crippen molar-refractivity contribution in [1.82, 2.24) is 10.2 Å². The number of aromatic nitrogens is 2. The summed E-state index contributed by atoms with van der Waals surface area (Å²) in [6, 6.07) is 1.57. The van der Waals surface area contributed by atoms with Crippen molar-refractivity contribution in [3.05, 3.63) is 6.07 Å². The predicted molar refractivity (Wildman–Crippen MR) is 63.9 cm³/mol. The van der Waals surface area contributed by atoms with Crippen molar-refractivity contribution in [3.8, 4) is 5.75 Å². The number of anilines is 2. The number of hydrogen-bond acceptors (Lipinski definition) is 7. The first kappa shape index (κ1) is 11.9. The maximum absolute atomic E-state index is 11.3. The van der Waals surface area contributed by atoms with Crippen LogP contribution in [0.5, 0.6) is 5.75 Å². The highest BCUT2D eigenvalue weighted by Gasteiger charge is 2.24. The zero-order valence-electron chi connectivity index (χ0n) is 9.46. The fourth-order valence-corrected chi connectivity index (χ4v) is 2.88. The van der Waals surface area contributed by atoms with Crippen molar-refractivity contribution >= 4 is 21.5 Å². The lowest BCUT2D eigenvalue weighted by atomic mass is 10.4. The van der Waals surface area contributed by atoms with Gasteiger partial charge < -0.3 is 15.4 Å². The van der Waals surface area contributed by atoms with E-state index >= 15 is 0 Å². The Kier molecular flexibility index (Phi) is 3.05. The molecule has 0 saturated carbocycles. The summed E-state index contributed by atoms with van der Waals surface area (Å²) in [6.45, 7) is 0.800. The van der Waals surface area contributed by atoms with Crippen molar-refractivity contribution in [2.75, 3.05) is 42.3 Å². The summed E-state index contributed by atoms with van der Waals surface area (Å²) in [5.41, 5.74) is 5.51. The lowest BCUT2D eigenvalue weighted by molar-refractivity contribution is 0.411. The first-order chi connectivity index (χ1) is 8.02. The molecule has 1 aromatic heterocycles. The summed E-state index contributed by atoms with van der Waals surface area (Å²) in [5.74, 6) is 1.58. The average Bonchev–Trinajstić information content (AvgIpc) is 2.29. The van der Waals surface area contributed by atoms with Crippen LogP contribution in [0.4, 0.5) is 11.6 Å². The third-order valence-corrected chi connectivity index (χ3v) is 4.23. The Bertz CT molecular complexity index is 503. The molecule has 0 aromatic carbocycles. The molecule has 2 rings (SSSR count). The Morgan fingerprint density at radius 2 is 2.00 bits per heavy atom. The maximum Gasteiger partial charge on any atom is 0.193 e. The van der Waals surface area contributed by atoms with Gasteiger partial charge in [0, 0.05) is 19.2 Å². The van der Waals surface area contributed by atoms with E-state index < -0.39 is 9.84 Å². The quantitative estimate of drug-likeness (QED) is 0.749. The fourth-order valence-electron chi connectivity index (χ4n) is 1.68. The molecular formula is C9H14N4O3S. The van der Waals surface area contributed by atoms with Crippen LogP contribution in [-0.2, 0) is 9.84 Å². The van der Waals surface area contributed by atoms with Crippen LogP contribution in [0.15, 0.2) is 6.07 Å². The second-order valence-corrected chi connectivity index (χ2v) is 6.10. The SMILES string of the molecule is COc1cc(N)nnc1N1CCS(=O)(=O)CC1. The molecule has 0 radical (unpaired) electrons. The summed E-state index contributed by atoms with van der Waals surface area (Å²) >= 11 is 0. The van der Waals surface area contributed by atoms with Crippen molar-refractivity contribution in [1.29, 1.82) is 0 Å². The van der Waals surface area contributed by atoms with Crippen molar-refractivity contribution in [2.24, 2.45) is 0 Å². The number of sulfone groups is 1. The summed E-state index contributed by atoms with van der Waals surface area (Å²) in [4.78, 5) is 1.84. The minimum atomic E-state index is -2.91. The zero-order valence-corrected chi connectivity index (χ0v) is 10.3. The molecule has 0 aliphatic carbocycles. The minimum Gasteiger partial charge on any atom is -0.493 e. The Morgan fingerprint density at radius 1 is 1.35 bits per heavy atom. The maximum atomic E-state index is 11.3. The van der Waals surface area contributed by atoms with E-state index in [1.54, 1.807) is 6.07 Å². The van der Waals surface area contributed by atoms with Crippen LogP contribution in [0.2, 0.25) is 0 Å². The van der Waals surface area contributed by atoms with E-state index in [1.807, 2.05) is 4.90 Å². The van der Waals surface area contributed by atoms with E-state index in [1.165, 1.54) is 7.11 Å². The van der Waals surface area contributed by atoms with Crippen LogP contribution in [0.25, 0.3) is 0 Å². The predicted octanol–water partition coefficient (Wildman–Crippen LogP) is -0.698. The molecule has 17 heavy (non-hydrogen) atoms. The molecule has 2 heterocycles. The highest BCUT2D eigenvalue weighted by atomic mass is 32.2. The topological polar surface area (TPSA) is 98.4 Å². The van der Waals surface area contributed by atoms with Crippen LogP contribution in [-0.4, -0.2) is 50.3 Å². The molecule has 1 aliphatic heterocycles. The van der Waals surface area contributed by atoms with Gasteiger partial charge in [0.15, 0.2) is 21.4 Å². The van der Waals surface area contributed by atoms with Crippen LogP contribution < -0.4 is 15.4 Å². The number of rotatable bonds is 2. The first-order valence-electron chi connectivity index (χ1n) is 5.14. The van der Waals surface area contributed by atoms with Crippen molar-refractivity contribution < 1.29 is 13.2 Å². The normalized spacial score (nSPS) is 19.0. The van der Waals surface area contributed by atoms with Gasteiger partial charge in [0.25, 0.3) is 0 Å². The van der Waals surface area contributed by atoms with E-state index in [9.17, 15) is 8.42 Å². The molecular weight excluding hydrogens is 244 g/mol. The Morgan fingerprint density at radius 3 is 2.59 bits per heavy atom. The van der Waals surface area contributed by atoms with E-state index in [-0.39, 0.29) is 17.3 Å². The summed E-state index contributed by atoms with van der Waals surface area (Å²) in [7, 11) is -1.39. The minimum absolute atomic E-state index is 0.127. The summed E-state index contributed by atoms with van der Waals surface area (Å²) in [6.07, 6.45) is 0. The summed E-state index contributed by atoms with van der Waals surface area (Å²) in [5, 5.41) is 7.71. The summed E-state index contributed by atoms with van der Waals surface area (Å²) < 4.78 is 27.8. The standard InChI is InChI=1S/C9H14N4O3S/c1-16-7-6-8(10)11-12-9(7)13-2-4-17(14,15)5-3-13/h6H,2-5H2,1H3,(H2,10,11). The number of nitrogens with zero attached hydrogens (tertiary/aromatic N) is 3. The average molecular weight is 258 g/mol. The molecule has 1 saturated heterocycles.